The first-order valence-corrected chi connectivity index (χ1v) is 7.37. The molecule has 2 aromatic rings. The van der Waals surface area contributed by atoms with Crippen molar-refractivity contribution in [1.29, 1.82) is 0 Å². The number of halogens is 3. The first kappa shape index (κ1) is 19.8. The average Bonchev–Trinajstić information content (AvgIpc) is 2.59. The fraction of sp³-hybridized carbons (Fsp3) is 0.118. The molecule has 2 aromatic carbocycles. The van der Waals surface area contributed by atoms with E-state index in [9.17, 15) is 27.6 Å². The van der Waals surface area contributed by atoms with Crippen LogP contribution in [0.25, 0.3) is 0 Å². The van der Waals surface area contributed by atoms with E-state index in [1.807, 2.05) is 5.32 Å². The van der Waals surface area contributed by atoms with Gasteiger partial charge < -0.3 is 15.2 Å². The van der Waals surface area contributed by atoms with Crippen LogP contribution in [0.15, 0.2) is 42.5 Å². The fourth-order valence-electron chi connectivity index (χ4n) is 1.95. The predicted molar refractivity (Wildman–Crippen MR) is 86.6 cm³/mol. The summed E-state index contributed by atoms with van der Waals surface area (Å²) in [5.74, 6) is -3.53. The van der Waals surface area contributed by atoms with E-state index >= 15 is 0 Å². The number of anilines is 1. The van der Waals surface area contributed by atoms with Crippen LogP contribution < -0.4 is 15.8 Å². The molecule has 7 nitrogen and oxygen atoms in total. The maximum Gasteiger partial charge on any atom is 0.387 e. The summed E-state index contributed by atoms with van der Waals surface area (Å²) in [5.41, 5.74) is 5.18. The largest absolute Gasteiger partial charge is 0.452 e. The zero-order chi connectivity index (χ0) is 20.0. The Bertz CT molecular complexity index is 856. The van der Waals surface area contributed by atoms with Crippen molar-refractivity contribution < 1.29 is 37.0 Å². The number of nitrogens with two attached hydrogens (primary N) is 1. The van der Waals surface area contributed by atoms with E-state index < -0.39 is 36.8 Å². The number of nitrogens with one attached hydrogen (secondary N) is 1. The van der Waals surface area contributed by atoms with Crippen molar-refractivity contribution in [3.63, 3.8) is 0 Å². The molecule has 2 amide bonds. The van der Waals surface area contributed by atoms with Crippen LogP contribution in [0.3, 0.4) is 0 Å². The maximum absolute atomic E-state index is 12.9. The molecule has 0 radical (unpaired) electrons. The van der Waals surface area contributed by atoms with Gasteiger partial charge in [0.2, 0.25) is 0 Å². The van der Waals surface area contributed by atoms with Gasteiger partial charge >= 0.3 is 12.6 Å². The number of carbonyl (C=O) groups is 3. The van der Waals surface area contributed by atoms with Gasteiger partial charge in [0.05, 0.1) is 5.56 Å². The first-order valence-electron chi connectivity index (χ1n) is 7.37. The molecule has 142 valence electrons. The van der Waals surface area contributed by atoms with Gasteiger partial charge in [0.25, 0.3) is 11.8 Å². The number of rotatable bonds is 6. The van der Waals surface area contributed by atoms with E-state index in [0.29, 0.717) is 0 Å². The standard InChI is InChI=1S/C17H13F3N2O5/c18-10-3-6-12(13(21)7-10)16(25)26-8-14(23)22-15(24)9-1-4-11(5-2-9)27-17(19)20/h1-7,17H,8,21H2,(H,22,23,24). The van der Waals surface area contributed by atoms with Crippen molar-refractivity contribution in [3.8, 4) is 5.75 Å². The van der Waals surface area contributed by atoms with E-state index in [1.54, 1.807) is 0 Å². The Balaban J connectivity index is 1.87. The van der Waals surface area contributed by atoms with Crippen molar-refractivity contribution in [2.24, 2.45) is 0 Å². The smallest absolute Gasteiger partial charge is 0.387 e. The van der Waals surface area contributed by atoms with E-state index in [1.165, 1.54) is 12.1 Å². The second-order valence-electron chi connectivity index (χ2n) is 5.09. The topological polar surface area (TPSA) is 108 Å². The third-order valence-electron chi connectivity index (χ3n) is 3.16. The molecule has 0 aliphatic rings. The second kappa shape index (κ2) is 8.70. The normalized spacial score (nSPS) is 10.4. The number of benzene rings is 2. The monoisotopic (exact) mass is 382 g/mol. The molecule has 3 N–H and O–H groups in total. The van der Waals surface area contributed by atoms with Gasteiger partial charge in [-0.15, -0.1) is 0 Å². The molecule has 27 heavy (non-hydrogen) atoms. The van der Waals surface area contributed by atoms with E-state index in [4.69, 9.17) is 10.5 Å². The number of imide groups is 1. The Hall–Kier alpha value is -3.56. The SMILES string of the molecule is Nc1cc(F)ccc1C(=O)OCC(=O)NC(=O)c1ccc(OC(F)F)cc1. The lowest BCUT2D eigenvalue weighted by Gasteiger charge is -2.08. The number of amides is 2. The zero-order valence-electron chi connectivity index (χ0n) is 13.6. The molecule has 0 spiro atoms. The fourth-order valence-corrected chi connectivity index (χ4v) is 1.95. The zero-order valence-corrected chi connectivity index (χ0v) is 13.6. The van der Waals surface area contributed by atoms with E-state index in [-0.39, 0.29) is 22.6 Å². The maximum atomic E-state index is 12.9. The number of alkyl halides is 2. The van der Waals surface area contributed by atoms with Crippen LogP contribution in [0.5, 0.6) is 5.75 Å². The van der Waals surface area contributed by atoms with Gasteiger partial charge in [0, 0.05) is 11.3 Å². The van der Waals surface area contributed by atoms with E-state index in [0.717, 1.165) is 30.3 Å². The Morgan fingerprint density at radius 2 is 1.74 bits per heavy atom. The third-order valence-corrected chi connectivity index (χ3v) is 3.16. The number of ether oxygens (including phenoxy) is 2. The third kappa shape index (κ3) is 5.73. The highest BCUT2D eigenvalue weighted by Crippen LogP contribution is 2.15. The van der Waals surface area contributed by atoms with Gasteiger partial charge in [-0.1, -0.05) is 0 Å². The van der Waals surface area contributed by atoms with Gasteiger partial charge in [-0.25, -0.2) is 9.18 Å². The highest BCUT2D eigenvalue weighted by atomic mass is 19.3. The van der Waals surface area contributed by atoms with Crippen molar-refractivity contribution in [1.82, 2.24) is 5.32 Å². The van der Waals surface area contributed by atoms with Crippen molar-refractivity contribution in [2.45, 2.75) is 6.61 Å². The van der Waals surface area contributed by atoms with Gasteiger partial charge in [0.15, 0.2) is 6.61 Å². The van der Waals surface area contributed by atoms with Gasteiger partial charge in [-0.05, 0) is 42.5 Å². The van der Waals surface area contributed by atoms with E-state index in [2.05, 4.69) is 4.74 Å². The van der Waals surface area contributed by atoms with Crippen LogP contribution in [0, 0.1) is 5.82 Å². The molecular formula is C17H13F3N2O5. The van der Waals surface area contributed by atoms with Crippen LogP contribution in [0.1, 0.15) is 20.7 Å². The minimum absolute atomic E-state index is 0.000859. The van der Waals surface area contributed by atoms with Crippen molar-refractivity contribution in [2.75, 3.05) is 12.3 Å². The van der Waals surface area contributed by atoms with Crippen molar-refractivity contribution in [3.05, 3.63) is 59.4 Å². The number of hydrogen-bond acceptors (Lipinski definition) is 6. The van der Waals surface area contributed by atoms with Crippen molar-refractivity contribution >= 4 is 23.5 Å². The Labute approximate surface area is 150 Å². The van der Waals surface area contributed by atoms with Gasteiger partial charge in [-0.3, -0.25) is 14.9 Å². The second-order valence-corrected chi connectivity index (χ2v) is 5.09. The highest BCUT2D eigenvalue weighted by molar-refractivity contribution is 6.05. The number of esters is 1. The minimum Gasteiger partial charge on any atom is -0.452 e. The lowest BCUT2D eigenvalue weighted by Crippen LogP contribution is -2.34. The van der Waals surface area contributed by atoms with Gasteiger partial charge in [-0.2, -0.15) is 8.78 Å². The summed E-state index contributed by atoms with van der Waals surface area (Å²) in [5, 5.41) is 1.95. The molecule has 0 saturated heterocycles. The molecule has 0 saturated carbocycles. The average molecular weight is 382 g/mol. The molecule has 0 bridgehead atoms. The van der Waals surface area contributed by atoms with Crippen LogP contribution >= 0.6 is 0 Å². The predicted octanol–water partition coefficient (Wildman–Crippen LogP) is 2.12. The molecule has 0 heterocycles. The summed E-state index contributed by atoms with van der Waals surface area (Å²) in [6.45, 7) is -3.79. The molecule has 0 aliphatic carbocycles. The van der Waals surface area contributed by atoms with Crippen LogP contribution in [0.4, 0.5) is 18.9 Å². The summed E-state index contributed by atoms with van der Waals surface area (Å²) < 4.78 is 45.9. The Morgan fingerprint density at radius 3 is 2.33 bits per heavy atom. The quantitative estimate of drug-likeness (QED) is 0.585. The summed E-state index contributed by atoms with van der Waals surface area (Å²) >= 11 is 0. The summed E-state index contributed by atoms with van der Waals surface area (Å²) in [4.78, 5) is 35.4. The molecular weight excluding hydrogens is 369 g/mol. The molecule has 0 aliphatic heterocycles. The number of nitrogen functional groups attached to an aromatic ring is 1. The summed E-state index contributed by atoms with van der Waals surface area (Å²) in [6.07, 6.45) is 0. The van der Waals surface area contributed by atoms with Crippen LogP contribution in [-0.4, -0.2) is 31.0 Å². The lowest BCUT2D eigenvalue weighted by atomic mass is 10.2. The number of carbonyl (C=O) groups excluding carboxylic acids is 3. The Morgan fingerprint density at radius 1 is 1.07 bits per heavy atom. The van der Waals surface area contributed by atoms with Crippen LogP contribution in [-0.2, 0) is 9.53 Å². The molecule has 0 atom stereocenters. The first-order chi connectivity index (χ1) is 12.8. The number of hydrogen-bond donors (Lipinski definition) is 2. The van der Waals surface area contributed by atoms with Crippen LogP contribution in [0.2, 0.25) is 0 Å². The molecule has 0 unspecified atom stereocenters. The molecule has 10 heteroatoms. The molecule has 2 rings (SSSR count). The minimum atomic E-state index is -3.00. The summed E-state index contributed by atoms with van der Waals surface area (Å²) in [6, 6.07) is 7.61. The summed E-state index contributed by atoms with van der Waals surface area (Å²) in [7, 11) is 0. The lowest BCUT2D eigenvalue weighted by molar-refractivity contribution is -0.123. The highest BCUT2D eigenvalue weighted by Gasteiger charge is 2.16. The van der Waals surface area contributed by atoms with Gasteiger partial charge in [0.1, 0.15) is 11.6 Å². The Kier molecular flexibility index (Phi) is 6.36. The molecule has 0 fully saturated rings. The molecule has 0 aromatic heterocycles.